The number of hydroxylamine groups is 2. The maximum absolute atomic E-state index is 13.9. The molecule has 35 heavy (non-hydrogen) atoms. The minimum atomic E-state index is -0.514. The van der Waals surface area contributed by atoms with Crippen molar-refractivity contribution in [3.8, 4) is 0 Å². The van der Waals surface area contributed by atoms with E-state index in [-0.39, 0.29) is 42.5 Å². The van der Waals surface area contributed by atoms with Crippen LogP contribution < -0.4 is 0 Å². The number of carbonyl (C=O) groups is 1. The van der Waals surface area contributed by atoms with Gasteiger partial charge in [0.25, 0.3) is 0 Å². The van der Waals surface area contributed by atoms with Crippen molar-refractivity contribution in [3.05, 3.63) is 83.9 Å². The van der Waals surface area contributed by atoms with Crippen molar-refractivity contribution in [3.63, 3.8) is 0 Å². The van der Waals surface area contributed by atoms with E-state index in [9.17, 15) is 4.79 Å². The Balaban J connectivity index is 1.19. The number of rotatable bonds is 2. The number of benzene rings is 2. The zero-order chi connectivity index (χ0) is 23.4. The Morgan fingerprint density at radius 2 is 1.31 bits per heavy atom. The quantitative estimate of drug-likeness (QED) is 0.616. The summed E-state index contributed by atoms with van der Waals surface area (Å²) in [5.41, 5.74) is 1.89. The SMILES string of the molecule is O=C(N1O[C@H]2C=C[C@@H]1CC2)N1[C@H]2CO[C@@H](c3ccccc3)O[C@H]2[C@@H]2O[C@H](c3ccccc3)OC[C@@H]21. The first-order valence-electron chi connectivity index (χ1n) is 12.4. The molecule has 2 bridgehead atoms. The predicted molar refractivity (Wildman–Crippen MR) is 124 cm³/mol. The van der Waals surface area contributed by atoms with Crippen LogP contribution in [0.1, 0.15) is 36.5 Å². The van der Waals surface area contributed by atoms with Crippen molar-refractivity contribution >= 4 is 6.03 Å². The standard InChI is InChI=1S/C27H28N2O6/c30-27(29-19-11-13-20(35-29)14-12-19)28-21-15-31-25(17-7-3-1-4-8-17)33-23(21)24-22(28)16-32-26(34-24)18-9-5-2-6-10-18/h1-11,13,19-26H,12,14-16H2/t19-,20+,21+,22+,23-,24-,25-,26-/m1/s1. The lowest BCUT2D eigenvalue weighted by Gasteiger charge is -2.44. The Kier molecular flexibility index (Phi) is 5.37. The molecule has 0 aromatic heterocycles. The molecule has 5 aliphatic heterocycles. The van der Waals surface area contributed by atoms with E-state index in [4.69, 9.17) is 23.8 Å². The van der Waals surface area contributed by atoms with Gasteiger partial charge in [0.2, 0.25) is 0 Å². The van der Waals surface area contributed by atoms with Gasteiger partial charge in [0.15, 0.2) is 12.6 Å². The minimum absolute atomic E-state index is 0.0548. The third-order valence-electron chi connectivity index (χ3n) is 7.59. The second kappa shape index (κ2) is 8.72. The zero-order valence-electron chi connectivity index (χ0n) is 19.2. The summed E-state index contributed by atoms with van der Waals surface area (Å²) in [5, 5.41) is 1.53. The molecule has 8 heteroatoms. The molecule has 0 N–H and O–H groups in total. The Hall–Kier alpha value is -2.75. The fourth-order valence-corrected chi connectivity index (χ4v) is 5.86. The van der Waals surface area contributed by atoms with Gasteiger partial charge in [0.1, 0.15) is 18.3 Å². The number of urea groups is 1. The van der Waals surface area contributed by atoms with Crippen LogP contribution in [0.25, 0.3) is 0 Å². The average Bonchev–Trinajstić information content (AvgIpc) is 3.27. The first-order valence-corrected chi connectivity index (χ1v) is 12.4. The number of carbonyl (C=O) groups excluding carboxylic acids is 1. The first kappa shape index (κ1) is 21.5. The third-order valence-corrected chi connectivity index (χ3v) is 7.59. The molecule has 4 saturated heterocycles. The molecule has 0 unspecified atom stereocenters. The molecule has 5 heterocycles. The highest BCUT2D eigenvalue weighted by Crippen LogP contribution is 2.44. The maximum atomic E-state index is 13.9. The molecule has 182 valence electrons. The van der Waals surface area contributed by atoms with E-state index < -0.39 is 12.6 Å². The van der Waals surface area contributed by atoms with Crippen LogP contribution >= 0.6 is 0 Å². The number of nitrogens with zero attached hydrogens (tertiary/aromatic N) is 2. The van der Waals surface area contributed by atoms with Gasteiger partial charge in [0.05, 0.1) is 31.3 Å². The number of fused-ring (bicyclic) bond motifs is 5. The summed E-state index contributed by atoms with van der Waals surface area (Å²) < 4.78 is 25.3. The number of ether oxygens (including phenoxy) is 4. The van der Waals surface area contributed by atoms with E-state index in [1.165, 1.54) is 5.06 Å². The summed E-state index contributed by atoms with van der Waals surface area (Å²) in [5.74, 6) is 0. The highest BCUT2D eigenvalue weighted by Gasteiger charge is 2.59. The zero-order valence-corrected chi connectivity index (χ0v) is 19.2. The summed E-state index contributed by atoms with van der Waals surface area (Å²) in [6.07, 6.45) is 4.15. The van der Waals surface area contributed by atoms with Gasteiger partial charge in [-0.3, -0.25) is 4.84 Å². The van der Waals surface area contributed by atoms with Crippen molar-refractivity contribution in [2.24, 2.45) is 0 Å². The molecule has 2 aromatic carbocycles. The summed E-state index contributed by atoms with van der Waals surface area (Å²) in [6, 6.07) is 18.9. The minimum Gasteiger partial charge on any atom is -0.346 e. The summed E-state index contributed by atoms with van der Waals surface area (Å²) in [4.78, 5) is 21.7. The van der Waals surface area contributed by atoms with Gasteiger partial charge in [-0.05, 0) is 12.8 Å². The molecule has 0 spiro atoms. The molecule has 8 rings (SSSR count). The van der Waals surface area contributed by atoms with E-state index in [1.807, 2.05) is 71.6 Å². The molecule has 2 aromatic rings. The van der Waals surface area contributed by atoms with Crippen LogP contribution in [-0.2, 0) is 23.8 Å². The lowest BCUT2D eigenvalue weighted by molar-refractivity contribution is -0.278. The monoisotopic (exact) mass is 476 g/mol. The van der Waals surface area contributed by atoms with Crippen LogP contribution in [0.15, 0.2) is 72.8 Å². The highest BCUT2D eigenvalue weighted by atomic mass is 16.7. The fraction of sp³-hybridized carbons (Fsp3) is 0.444. The van der Waals surface area contributed by atoms with E-state index in [0.717, 1.165) is 24.0 Å². The second-order valence-electron chi connectivity index (χ2n) is 9.68. The molecule has 2 amide bonds. The summed E-state index contributed by atoms with van der Waals surface area (Å²) in [7, 11) is 0. The molecule has 4 fully saturated rings. The largest absolute Gasteiger partial charge is 0.346 e. The number of hydrogen-bond donors (Lipinski definition) is 0. The van der Waals surface area contributed by atoms with Gasteiger partial charge in [-0.1, -0.05) is 72.8 Å². The highest BCUT2D eigenvalue weighted by molar-refractivity contribution is 5.76. The second-order valence-corrected chi connectivity index (χ2v) is 9.68. The molecule has 6 aliphatic rings. The maximum Gasteiger partial charge on any atom is 0.345 e. The van der Waals surface area contributed by atoms with Gasteiger partial charge in [-0.2, -0.15) is 5.06 Å². The first-order chi connectivity index (χ1) is 17.3. The van der Waals surface area contributed by atoms with E-state index in [1.54, 1.807) is 0 Å². The van der Waals surface area contributed by atoms with Crippen molar-refractivity contribution in [1.29, 1.82) is 0 Å². The van der Waals surface area contributed by atoms with Crippen LogP contribution in [0.4, 0.5) is 4.79 Å². The van der Waals surface area contributed by atoms with Crippen LogP contribution in [-0.4, -0.2) is 65.6 Å². The van der Waals surface area contributed by atoms with Crippen molar-refractivity contribution in [2.75, 3.05) is 13.2 Å². The number of likely N-dealkylation sites (tertiary alicyclic amines) is 1. The summed E-state index contributed by atoms with van der Waals surface area (Å²) in [6.45, 7) is 0.695. The number of amides is 2. The Bertz CT molecular complexity index is 1030. The Morgan fingerprint density at radius 3 is 1.77 bits per heavy atom. The lowest BCUT2D eigenvalue weighted by atomic mass is 9.98. The van der Waals surface area contributed by atoms with Crippen molar-refractivity contribution < 1.29 is 28.6 Å². The van der Waals surface area contributed by atoms with Crippen molar-refractivity contribution in [2.45, 2.75) is 61.9 Å². The van der Waals surface area contributed by atoms with Gasteiger partial charge in [-0.25, -0.2) is 4.79 Å². The van der Waals surface area contributed by atoms with E-state index >= 15 is 0 Å². The van der Waals surface area contributed by atoms with Gasteiger partial charge >= 0.3 is 6.03 Å². The smallest absolute Gasteiger partial charge is 0.345 e. The van der Waals surface area contributed by atoms with Crippen molar-refractivity contribution in [1.82, 2.24) is 9.96 Å². The van der Waals surface area contributed by atoms with Crippen LogP contribution in [0.5, 0.6) is 0 Å². The molecule has 1 aliphatic carbocycles. The van der Waals surface area contributed by atoms with E-state index in [0.29, 0.717) is 13.2 Å². The molecule has 8 nitrogen and oxygen atoms in total. The lowest BCUT2D eigenvalue weighted by Crippen LogP contribution is -2.59. The topological polar surface area (TPSA) is 69.7 Å². The average molecular weight is 477 g/mol. The molecular formula is C27H28N2O6. The van der Waals surface area contributed by atoms with E-state index in [2.05, 4.69) is 6.08 Å². The van der Waals surface area contributed by atoms with Gasteiger partial charge in [-0.15, -0.1) is 0 Å². The van der Waals surface area contributed by atoms with Crippen LogP contribution in [0.2, 0.25) is 0 Å². The summed E-state index contributed by atoms with van der Waals surface area (Å²) >= 11 is 0. The van der Waals surface area contributed by atoms with Crippen LogP contribution in [0, 0.1) is 0 Å². The predicted octanol–water partition coefficient (Wildman–Crippen LogP) is 3.72. The van der Waals surface area contributed by atoms with Gasteiger partial charge < -0.3 is 23.8 Å². The Morgan fingerprint density at radius 1 is 0.743 bits per heavy atom. The van der Waals surface area contributed by atoms with Crippen LogP contribution in [0.3, 0.4) is 0 Å². The van der Waals surface area contributed by atoms with Gasteiger partial charge in [0, 0.05) is 11.1 Å². The fourth-order valence-electron chi connectivity index (χ4n) is 5.86. The molecule has 0 saturated carbocycles. The molecular weight excluding hydrogens is 448 g/mol. The number of hydrogen-bond acceptors (Lipinski definition) is 6. The normalized spacial score (nSPS) is 37.7. The molecule has 8 atom stereocenters. The Labute approximate surface area is 203 Å². The third kappa shape index (κ3) is 3.68. The molecule has 0 radical (unpaired) electrons.